The second-order valence-electron chi connectivity index (χ2n) is 5.02. The molecule has 1 unspecified atom stereocenters. The Morgan fingerprint density at radius 1 is 1.30 bits per heavy atom. The molecule has 1 aromatic heterocycles. The minimum atomic E-state index is 0.135. The van der Waals surface area contributed by atoms with E-state index in [9.17, 15) is 4.79 Å². The number of halogens is 1. The van der Waals surface area contributed by atoms with E-state index in [0.29, 0.717) is 6.42 Å². The highest BCUT2D eigenvalue weighted by Gasteiger charge is 2.30. The van der Waals surface area contributed by atoms with Crippen molar-refractivity contribution in [3.63, 3.8) is 0 Å². The minimum absolute atomic E-state index is 0.135. The lowest BCUT2D eigenvalue weighted by Gasteiger charge is -2.25. The molecule has 0 spiro atoms. The average molecular weight is 306 g/mol. The summed E-state index contributed by atoms with van der Waals surface area (Å²) >= 11 is 7.92. The predicted molar refractivity (Wildman–Crippen MR) is 83.2 cm³/mol. The van der Waals surface area contributed by atoms with Gasteiger partial charge < -0.3 is 4.90 Å². The van der Waals surface area contributed by atoms with Crippen LogP contribution >= 0.6 is 22.9 Å². The van der Waals surface area contributed by atoms with Gasteiger partial charge in [0.05, 0.1) is 12.5 Å². The molecule has 0 bridgehead atoms. The monoisotopic (exact) mass is 305 g/mol. The molecule has 0 saturated carbocycles. The summed E-state index contributed by atoms with van der Waals surface area (Å²) in [6.07, 6.45) is 2.55. The van der Waals surface area contributed by atoms with Crippen molar-refractivity contribution in [1.82, 2.24) is 4.90 Å². The standard InChI is InChI=1S/C16H16ClNOS/c17-14-7-2-1-6-13(14)15-8-3-9-18(15)16(19)11-12-5-4-10-20-12/h1-2,4-7,10,15H,3,8-9,11H2. The van der Waals surface area contributed by atoms with Gasteiger partial charge in [0.2, 0.25) is 5.91 Å². The van der Waals surface area contributed by atoms with E-state index >= 15 is 0 Å². The zero-order chi connectivity index (χ0) is 13.9. The predicted octanol–water partition coefficient (Wildman–Crippen LogP) is 4.31. The maximum absolute atomic E-state index is 12.5. The Morgan fingerprint density at radius 2 is 2.15 bits per heavy atom. The van der Waals surface area contributed by atoms with E-state index in [1.54, 1.807) is 11.3 Å². The van der Waals surface area contributed by atoms with Gasteiger partial charge in [0.1, 0.15) is 0 Å². The zero-order valence-corrected chi connectivity index (χ0v) is 12.7. The van der Waals surface area contributed by atoms with Crippen molar-refractivity contribution in [3.8, 4) is 0 Å². The van der Waals surface area contributed by atoms with Crippen LogP contribution in [-0.2, 0) is 11.2 Å². The van der Waals surface area contributed by atoms with Crippen molar-refractivity contribution >= 4 is 28.8 Å². The molecular weight excluding hydrogens is 290 g/mol. The van der Waals surface area contributed by atoms with Gasteiger partial charge in [-0.25, -0.2) is 0 Å². The molecule has 1 aliphatic rings. The Balaban J connectivity index is 1.79. The van der Waals surface area contributed by atoms with E-state index in [1.807, 2.05) is 46.7 Å². The highest BCUT2D eigenvalue weighted by atomic mass is 35.5. The molecule has 0 aliphatic carbocycles. The third-order valence-electron chi connectivity index (χ3n) is 3.74. The van der Waals surface area contributed by atoms with E-state index in [1.165, 1.54) is 0 Å². The van der Waals surface area contributed by atoms with Crippen LogP contribution in [0.1, 0.15) is 29.3 Å². The second kappa shape index (κ2) is 5.98. The van der Waals surface area contributed by atoms with Crippen LogP contribution in [0, 0.1) is 0 Å². The van der Waals surface area contributed by atoms with Gasteiger partial charge in [0, 0.05) is 16.4 Å². The molecule has 0 radical (unpaired) electrons. The summed E-state index contributed by atoms with van der Waals surface area (Å²) in [6, 6.07) is 12.0. The molecule has 20 heavy (non-hydrogen) atoms. The van der Waals surface area contributed by atoms with E-state index < -0.39 is 0 Å². The molecule has 0 N–H and O–H groups in total. The number of nitrogens with zero attached hydrogens (tertiary/aromatic N) is 1. The van der Waals surface area contributed by atoms with E-state index in [0.717, 1.165) is 34.8 Å². The zero-order valence-electron chi connectivity index (χ0n) is 11.1. The lowest BCUT2D eigenvalue weighted by atomic mass is 10.0. The van der Waals surface area contributed by atoms with Crippen LogP contribution in [0.25, 0.3) is 0 Å². The molecule has 2 heterocycles. The maximum Gasteiger partial charge on any atom is 0.228 e. The van der Waals surface area contributed by atoms with Gasteiger partial charge in [-0.2, -0.15) is 0 Å². The molecule has 1 atom stereocenters. The number of hydrogen-bond donors (Lipinski definition) is 0. The molecule has 2 nitrogen and oxygen atoms in total. The van der Waals surface area contributed by atoms with Crippen molar-refractivity contribution in [3.05, 3.63) is 57.2 Å². The largest absolute Gasteiger partial charge is 0.335 e. The SMILES string of the molecule is O=C(Cc1cccs1)N1CCCC1c1ccccc1Cl. The van der Waals surface area contributed by atoms with Crippen LogP contribution in [0.15, 0.2) is 41.8 Å². The molecule has 104 valence electrons. The van der Waals surface area contributed by atoms with Crippen LogP contribution in [0.4, 0.5) is 0 Å². The summed E-state index contributed by atoms with van der Waals surface area (Å²) in [4.78, 5) is 15.6. The van der Waals surface area contributed by atoms with Crippen LogP contribution < -0.4 is 0 Å². The first kappa shape index (κ1) is 13.7. The molecule has 1 amide bonds. The fourth-order valence-corrected chi connectivity index (χ4v) is 3.76. The highest BCUT2D eigenvalue weighted by molar-refractivity contribution is 7.10. The summed E-state index contributed by atoms with van der Waals surface area (Å²) in [5.74, 6) is 0.204. The van der Waals surface area contributed by atoms with Crippen LogP contribution in [-0.4, -0.2) is 17.4 Å². The minimum Gasteiger partial charge on any atom is -0.335 e. The lowest BCUT2D eigenvalue weighted by Crippen LogP contribution is -2.31. The maximum atomic E-state index is 12.5. The average Bonchev–Trinajstić information content (AvgIpc) is 3.09. The Labute approximate surface area is 128 Å². The first-order valence-corrected chi connectivity index (χ1v) is 8.08. The summed E-state index contributed by atoms with van der Waals surface area (Å²) in [7, 11) is 0. The fraction of sp³-hybridized carbons (Fsp3) is 0.312. The summed E-state index contributed by atoms with van der Waals surface area (Å²) in [5, 5.41) is 2.77. The van der Waals surface area contributed by atoms with Gasteiger partial charge in [-0.05, 0) is 35.9 Å². The van der Waals surface area contributed by atoms with Crippen LogP contribution in [0.3, 0.4) is 0 Å². The van der Waals surface area contributed by atoms with Crippen molar-refractivity contribution < 1.29 is 4.79 Å². The highest BCUT2D eigenvalue weighted by Crippen LogP contribution is 2.36. The molecule has 1 fully saturated rings. The number of carbonyl (C=O) groups is 1. The summed E-state index contributed by atoms with van der Waals surface area (Å²) in [5.41, 5.74) is 1.08. The molecule has 1 saturated heterocycles. The Hall–Kier alpha value is -1.32. The van der Waals surface area contributed by atoms with Crippen molar-refractivity contribution in [2.24, 2.45) is 0 Å². The third kappa shape index (κ3) is 2.74. The van der Waals surface area contributed by atoms with Gasteiger partial charge in [0.15, 0.2) is 0 Å². The van der Waals surface area contributed by atoms with Gasteiger partial charge >= 0.3 is 0 Å². The quantitative estimate of drug-likeness (QED) is 0.827. The van der Waals surface area contributed by atoms with Gasteiger partial charge in [-0.15, -0.1) is 11.3 Å². The summed E-state index contributed by atoms with van der Waals surface area (Å²) in [6.45, 7) is 0.833. The second-order valence-corrected chi connectivity index (χ2v) is 6.46. The number of likely N-dealkylation sites (tertiary alicyclic amines) is 1. The topological polar surface area (TPSA) is 20.3 Å². The smallest absolute Gasteiger partial charge is 0.228 e. The first-order valence-electron chi connectivity index (χ1n) is 6.82. The normalized spacial score (nSPS) is 18.4. The van der Waals surface area contributed by atoms with E-state index in [4.69, 9.17) is 11.6 Å². The third-order valence-corrected chi connectivity index (χ3v) is 4.96. The van der Waals surface area contributed by atoms with Crippen molar-refractivity contribution in [1.29, 1.82) is 0 Å². The fourth-order valence-electron chi connectivity index (χ4n) is 2.80. The number of thiophene rings is 1. The lowest BCUT2D eigenvalue weighted by molar-refractivity contribution is -0.131. The Kier molecular flexibility index (Phi) is 4.08. The van der Waals surface area contributed by atoms with Crippen molar-refractivity contribution in [2.45, 2.75) is 25.3 Å². The van der Waals surface area contributed by atoms with Gasteiger partial charge in [-0.3, -0.25) is 4.79 Å². The van der Waals surface area contributed by atoms with Gasteiger partial charge in [-0.1, -0.05) is 35.9 Å². The van der Waals surface area contributed by atoms with E-state index in [-0.39, 0.29) is 11.9 Å². The molecule has 1 aliphatic heterocycles. The number of carbonyl (C=O) groups excluding carboxylic acids is 1. The molecule has 1 aromatic carbocycles. The van der Waals surface area contributed by atoms with Gasteiger partial charge in [0.25, 0.3) is 0 Å². The van der Waals surface area contributed by atoms with Crippen LogP contribution in [0.5, 0.6) is 0 Å². The number of hydrogen-bond acceptors (Lipinski definition) is 2. The number of amides is 1. The molecule has 3 rings (SSSR count). The molecule has 4 heteroatoms. The summed E-state index contributed by atoms with van der Waals surface area (Å²) < 4.78 is 0. The number of rotatable bonds is 3. The Morgan fingerprint density at radius 3 is 2.90 bits per heavy atom. The number of benzene rings is 1. The first-order chi connectivity index (χ1) is 9.75. The Bertz CT molecular complexity index is 596. The molecular formula is C16H16ClNOS. The van der Waals surface area contributed by atoms with Crippen molar-refractivity contribution in [2.75, 3.05) is 6.54 Å². The van der Waals surface area contributed by atoms with Crippen LogP contribution in [0.2, 0.25) is 5.02 Å². The van der Waals surface area contributed by atoms with E-state index in [2.05, 4.69) is 0 Å². The molecule has 2 aromatic rings.